The Morgan fingerprint density at radius 1 is 0.660 bits per heavy atom. The maximum Gasteiger partial charge on any atom is 0.419 e. The highest BCUT2D eigenvalue weighted by atomic mass is 19.4. The zero-order chi connectivity index (χ0) is 33.9. The molecule has 0 spiro atoms. The average molecular weight is 671 g/mol. The molecule has 0 unspecified atom stereocenters. The summed E-state index contributed by atoms with van der Waals surface area (Å²) >= 11 is 0. The zero-order valence-corrected chi connectivity index (χ0v) is 26.2. The lowest BCUT2D eigenvalue weighted by molar-refractivity contribution is -0.222. The number of rotatable bonds is 10. The van der Waals surface area contributed by atoms with Crippen LogP contribution in [0.3, 0.4) is 0 Å². The maximum atomic E-state index is 15.3. The van der Waals surface area contributed by atoms with Gasteiger partial charge in [0.2, 0.25) is 0 Å². The van der Waals surface area contributed by atoms with Crippen molar-refractivity contribution in [2.24, 2.45) is 11.8 Å². The lowest BCUT2D eigenvalue weighted by Crippen LogP contribution is -2.37. The zero-order valence-electron chi connectivity index (χ0n) is 26.2. The van der Waals surface area contributed by atoms with Crippen LogP contribution in [0.5, 0.6) is 5.75 Å². The largest absolute Gasteiger partial charge is 0.432 e. The highest BCUT2D eigenvalue weighted by molar-refractivity contribution is 5.66. The van der Waals surface area contributed by atoms with E-state index in [9.17, 15) is 26.3 Å². The summed E-state index contributed by atoms with van der Waals surface area (Å²) in [4.78, 5) is 0. The SMILES string of the molecule is CCCCCC1CCC(c2ccc(C3CCC(C(F)(F)Oc4cc(F)c(-c5ccc(C(F)(F)F)c(F)c5)c(F)c4)CC3)c(F)c2)CC1. The van der Waals surface area contributed by atoms with E-state index in [1.807, 2.05) is 6.07 Å². The van der Waals surface area contributed by atoms with Gasteiger partial charge in [-0.2, -0.15) is 22.0 Å². The molecule has 2 aliphatic rings. The van der Waals surface area contributed by atoms with E-state index in [0.29, 0.717) is 41.8 Å². The van der Waals surface area contributed by atoms with Crippen molar-refractivity contribution in [3.63, 3.8) is 0 Å². The molecular formula is C37H39F9O. The molecule has 0 heterocycles. The Morgan fingerprint density at radius 3 is 1.87 bits per heavy atom. The van der Waals surface area contributed by atoms with Crippen molar-refractivity contribution in [2.75, 3.05) is 0 Å². The molecule has 3 aromatic rings. The molecule has 2 saturated carbocycles. The first-order chi connectivity index (χ1) is 22.3. The number of hydrogen-bond donors (Lipinski definition) is 0. The van der Waals surface area contributed by atoms with Crippen molar-refractivity contribution in [1.29, 1.82) is 0 Å². The Balaban J connectivity index is 1.18. The topological polar surface area (TPSA) is 9.23 Å². The van der Waals surface area contributed by atoms with E-state index in [0.717, 1.165) is 37.2 Å². The van der Waals surface area contributed by atoms with E-state index in [4.69, 9.17) is 4.74 Å². The van der Waals surface area contributed by atoms with Crippen LogP contribution in [-0.2, 0) is 6.18 Å². The van der Waals surface area contributed by atoms with Gasteiger partial charge < -0.3 is 4.74 Å². The first-order valence-corrected chi connectivity index (χ1v) is 16.5. The Kier molecular flexibility index (Phi) is 10.9. The Bertz CT molecular complexity index is 1490. The molecule has 47 heavy (non-hydrogen) atoms. The fourth-order valence-electron chi connectivity index (χ4n) is 7.36. The number of halogens is 9. The molecule has 0 amide bonds. The van der Waals surface area contributed by atoms with Crippen LogP contribution in [0.4, 0.5) is 39.5 Å². The summed E-state index contributed by atoms with van der Waals surface area (Å²) in [5.41, 5.74) is -1.53. The van der Waals surface area contributed by atoms with Crippen LogP contribution >= 0.6 is 0 Å². The second kappa shape index (κ2) is 14.5. The molecule has 2 fully saturated rings. The van der Waals surface area contributed by atoms with Gasteiger partial charge in [0.1, 0.15) is 29.0 Å². The third-order valence-electron chi connectivity index (χ3n) is 10.0. The first-order valence-electron chi connectivity index (χ1n) is 16.5. The number of ether oxygens (including phenoxy) is 1. The smallest absolute Gasteiger partial charge is 0.419 e. The van der Waals surface area contributed by atoms with Gasteiger partial charge in [-0.3, -0.25) is 0 Å². The molecule has 0 radical (unpaired) electrons. The molecule has 0 bridgehead atoms. The summed E-state index contributed by atoms with van der Waals surface area (Å²) in [7, 11) is 0. The Labute approximate surface area is 269 Å². The summed E-state index contributed by atoms with van der Waals surface area (Å²) in [6, 6.07) is 7.70. The average Bonchev–Trinajstić information content (AvgIpc) is 3.00. The van der Waals surface area contributed by atoms with Gasteiger partial charge in [-0.15, -0.1) is 0 Å². The minimum Gasteiger partial charge on any atom is -0.432 e. The molecule has 0 saturated heterocycles. The van der Waals surface area contributed by atoms with E-state index < -0.39 is 58.1 Å². The van der Waals surface area contributed by atoms with E-state index in [2.05, 4.69) is 6.92 Å². The Hall–Kier alpha value is -3.17. The van der Waals surface area contributed by atoms with Gasteiger partial charge >= 0.3 is 12.3 Å². The molecule has 0 atom stereocenters. The molecule has 256 valence electrons. The van der Waals surface area contributed by atoms with Crippen LogP contribution in [0.25, 0.3) is 11.1 Å². The van der Waals surface area contributed by atoms with Gasteiger partial charge in [-0.25, -0.2) is 17.6 Å². The van der Waals surface area contributed by atoms with Crippen molar-refractivity contribution < 1.29 is 44.3 Å². The molecule has 1 nitrogen and oxygen atoms in total. The van der Waals surface area contributed by atoms with Crippen molar-refractivity contribution >= 4 is 0 Å². The van der Waals surface area contributed by atoms with Crippen molar-refractivity contribution in [2.45, 2.75) is 108 Å². The van der Waals surface area contributed by atoms with Gasteiger partial charge in [-0.05, 0) is 104 Å². The Morgan fingerprint density at radius 2 is 1.30 bits per heavy atom. The fraction of sp³-hybridized carbons (Fsp3) is 0.514. The lowest BCUT2D eigenvalue weighted by atomic mass is 9.75. The maximum absolute atomic E-state index is 15.3. The quantitative estimate of drug-likeness (QED) is 0.154. The van der Waals surface area contributed by atoms with Crippen LogP contribution in [-0.4, -0.2) is 6.11 Å². The van der Waals surface area contributed by atoms with Crippen molar-refractivity contribution in [3.8, 4) is 16.9 Å². The second-order valence-electron chi connectivity index (χ2n) is 13.2. The normalized spacial score (nSPS) is 22.3. The standard InChI is InChI=1S/C37H39F9O/c1-2-3-4-5-22-6-8-23(9-7-22)25-12-16-29(31(38)18-25)24-10-14-27(15-11-24)37(45,46)47-28-20-33(40)35(34(41)21-28)26-13-17-30(32(39)19-26)36(42,43)44/h12-13,16-24,27H,2-11,14-15H2,1H3. The van der Waals surface area contributed by atoms with Crippen LogP contribution in [0.15, 0.2) is 48.5 Å². The molecule has 0 aromatic heterocycles. The van der Waals surface area contributed by atoms with Gasteiger partial charge in [0.25, 0.3) is 0 Å². The van der Waals surface area contributed by atoms with Crippen LogP contribution < -0.4 is 4.74 Å². The van der Waals surface area contributed by atoms with Crippen molar-refractivity contribution in [3.05, 3.63) is 88.5 Å². The highest BCUT2D eigenvalue weighted by Crippen LogP contribution is 2.45. The van der Waals surface area contributed by atoms with Gasteiger partial charge in [0, 0.05) is 12.1 Å². The molecule has 5 rings (SSSR count). The molecule has 2 aliphatic carbocycles. The predicted molar refractivity (Wildman–Crippen MR) is 162 cm³/mol. The molecule has 3 aromatic carbocycles. The number of benzene rings is 3. The summed E-state index contributed by atoms with van der Waals surface area (Å²) in [6.07, 6.45) is 1.12. The third kappa shape index (κ3) is 8.29. The van der Waals surface area contributed by atoms with Gasteiger partial charge in [-0.1, -0.05) is 50.8 Å². The predicted octanol–water partition coefficient (Wildman–Crippen LogP) is 12.7. The number of unbranched alkanes of at least 4 members (excludes halogenated alkanes) is 2. The van der Waals surface area contributed by atoms with Crippen molar-refractivity contribution in [1.82, 2.24) is 0 Å². The van der Waals surface area contributed by atoms with Crippen LogP contribution in [0, 0.1) is 35.1 Å². The summed E-state index contributed by atoms with van der Waals surface area (Å²) in [6.45, 7) is 2.20. The van der Waals surface area contributed by atoms with E-state index in [1.54, 1.807) is 12.1 Å². The van der Waals surface area contributed by atoms with Crippen LogP contribution in [0.2, 0.25) is 0 Å². The fourth-order valence-corrected chi connectivity index (χ4v) is 7.36. The minimum absolute atomic E-state index is 0.00518. The minimum atomic E-state index is -5.01. The monoisotopic (exact) mass is 670 g/mol. The van der Waals surface area contributed by atoms with E-state index in [-0.39, 0.29) is 37.4 Å². The number of alkyl halides is 5. The van der Waals surface area contributed by atoms with Crippen LogP contribution in [0.1, 0.15) is 112 Å². The number of hydrogen-bond acceptors (Lipinski definition) is 1. The summed E-state index contributed by atoms with van der Waals surface area (Å²) in [5, 5.41) is 0. The summed E-state index contributed by atoms with van der Waals surface area (Å²) < 4.78 is 133. The lowest BCUT2D eigenvalue weighted by Gasteiger charge is -2.34. The highest BCUT2D eigenvalue weighted by Gasteiger charge is 2.45. The first kappa shape index (κ1) is 35.1. The van der Waals surface area contributed by atoms with E-state index in [1.165, 1.54) is 25.7 Å². The summed E-state index contributed by atoms with van der Waals surface area (Å²) in [5.74, 6) is -6.15. The molecule has 0 aliphatic heterocycles. The van der Waals surface area contributed by atoms with Gasteiger partial charge in [0.15, 0.2) is 0 Å². The third-order valence-corrected chi connectivity index (χ3v) is 10.0. The van der Waals surface area contributed by atoms with Gasteiger partial charge in [0.05, 0.1) is 17.0 Å². The second-order valence-corrected chi connectivity index (χ2v) is 13.2. The molecule has 10 heteroatoms. The molecule has 0 N–H and O–H groups in total. The molecular weight excluding hydrogens is 631 g/mol. The van der Waals surface area contributed by atoms with E-state index >= 15 is 13.2 Å².